The Morgan fingerprint density at radius 3 is 3.00 bits per heavy atom. The highest BCUT2D eigenvalue weighted by atomic mass is 35.5. The van der Waals surface area contributed by atoms with E-state index in [1.807, 2.05) is 0 Å². The number of nitrogens with zero attached hydrogens (tertiary/aromatic N) is 2. The number of benzene rings is 1. The lowest BCUT2D eigenvalue weighted by atomic mass is 10.2. The molecule has 1 aromatic carbocycles. The summed E-state index contributed by atoms with van der Waals surface area (Å²) < 4.78 is 4.81. The minimum absolute atomic E-state index is 0.264. The van der Waals surface area contributed by atoms with E-state index in [0.717, 1.165) is 0 Å². The van der Waals surface area contributed by atoms with Crippen molar-refractivity contribution in [2.24, 2.45) is 0 Å². The Morgan fingerprint density at radius 1 is 1.50 bits per heavy atom. The number of amides is 1. The van der Waals surface area contributed by atoms with Crippen molar-refractivity contribution in [2.45, 2.75) is 6.42 Å². The number of rotatable bonds is 4. The Balaban J connectivity index is 1.91. The van der Waals surface area contributed by atoms with Gasteiger partial charge in [-0.3, -0.25) is 4.79 Å². The van der Waals surface area contributed by atoms with Crippen LogP contribution in [0.3, 0.4) is 0 Å². The first kappa shape index (κ1) is 12.4. The SMILES string of the molecule is Nc1ccc(C(=O)NCCc2ncno2)c(Cl)c1. The van der Waals surface area contributed by atoms with Crippen LogP contribution in [0.4, 0.5) is 5.69 Å². The number of nitrogens with two attached hydrogens (primary N) is 1. The number of halogens is 1. The van der Waals surface area contributed by atoms with Crippen LogP contribution in [0.2, 0.25) is 5.02 Å². The summed E-state index contributed by atoms with van der Waals surface area (Å²) in [5.74, 6) is 0.207. The fraction of sp³-hybridized carbons (Fsp3) is 0.182. The number of anilines is 1. The van der Waals surface area contributed by atoms with E-state index in [9.17, 15) is 4.79 Å². The molecule has 1 heterocycles. The molecule has 0 aliphatic rings. The van der Waals surface area contributed by atoms with Gasteiger partial charge in [0.2, 0.25) is 5.89 Å². The fourth-order valence-corrected chi connectivity index (χ4v) is 1.67. The molecule has 0 saturated carbocycles. The van der Waals surface area contributed by atoms with E-state index in [4.69, 9.17) is 21.9 Å². The van der Waals surface area contributed by atoms with Gasteiger partial charge in [-0.05, 0) is 18.2 Å². The van der Waals surface area contributed by atoms with Crippen molar-refractivity contribution >= 4 is 23.2 Å². The molecular formula is C11H11ClN4O2. The summed E-state index contributed by atoms with van der Waals surface area (Å²) in [4.78, 5) is 15.6. The highest BCUT2D eigenvalue weighted by Gasteiger charge is 2.10. The lowest BCUT2D eigenvalue weighted by Crippen LogP contribution is -2.26. The normalized spacial score (nSPS) is 10.3. The van der Waals surface area contributed by atoms with Crippen LogP contribution in [0.15, 0.2) is 29.0 Å². The molecule has 0 bridgehead atoms. The number of hydrogen-bond acceptors (Lipinski definition) is 5. The van der Waals surface area contributed by atoms with E-state index in [1.165, 1.54) is 12.4 Å². The van der Waals surface area contributed by atoms with Gasteiger partial charge >= 0.3 is 0 Å². The van der Waals surface area contributed by atoms with Crippen molar-refractivity contribution in [3.63, 3.8) is 0 Å². The maximum atomic E-state index is 11.8. The van der Waals surface area contributed by atoms with Gasteiger partial charge in [0, 0.05) is 18.7 Å². The van der Waals surface area contributed by atoms with Crippen LogP contribution in [0.5, 0.6) is 0 Å². The van der Waals surface area contributed by atoms with Crippen molar-refractivity contribution in [3.8, 4) is 0 Å². The molecule has 0 atom stereocenters. The fourth-order valence-electron chi connectivity index (χ4n) is 1.40. The van der Waals surface area contributed by atoms with Gasteiger partial charge in [-0.1, -0.05) is 16.8 Å². The van der Waals surface area contributed by atoms with Crippen molar-refractivity contribution < 1.29 is 9.32 Å². The smallest absolute Gasteiger partial charge is 0.252 e. The average molecular weight is 267 g/mol. The van der Waals surface area contributed by atoms with Gasteiger partial charge in [-0.15, -0.1) is 0 Å². The van der Waals surface area contributed by atoms with Crippen LogP contribution in [-0.4, -0.2) is 22.6 Å². The van der Waals surface area contributed by atoms with Gasteiger partial charge in [0.15, 0.2) is 6.33 Å². The van der Waals surface area contributed by atoms with Crippen molar-refractivity contribution in [2.75, 3.05) is 12.3 Å². The second-order valence-electron chi connectivity index (χ2n) is 3.58. The summed E-state index contributed by atoms with van der Waals surface area (Å²) in [6.45, 7) is 0.391. The van der Waals surface area contributed by atoms with Gasteiger partial charge < -0.3 is 15.6 Å². The highest BCUT2D eigenvalue weighted by Crippen LogP contribution is 2.18. The third-order valence-electron chi connectivity index (χ3n) is 2.27. The first-order valence-electron chi connectivity index (χ1n) is 5.25. The van der Waals surface area contributed by atoms with Gasteiger partial charge in [0.1, 0.15) is 0 Å². The molecule has 0 fully saturated rings. The Morgan fingerprint density at radius 2 is 2.33 bits per heavy atom. The topological polar surface area (TPSA) is 94.0 Å². The lowest BCUT2D eigenvalue weighted by Gasteiger charge is -2.06. The van der Waals surface area contributed by atoms with E-state index in [0.29, 0.717) is 35.1 Å². The number of aromatic nitrogens is 2. The summed E-state index contributed by atoms with van der Waals surface area (Å²) >= 11 is 5.92. The molecule has 3 N–H and O–H groups in total. The van der Waals surface area contributed by atoms with E-state index in [1.54, 1.807) is 12.1 Å². The quantitative estimate of drug-likeness (QED) is 0.813. The minimum Gasteiger partial charge on any atom is -0.399 e. The van der Waals surface area contributed by atoms with Gasteiger partial charge in [-0.25, -0.2) is 0 Å². The van der Waals surface area contributed by atoms with Gasteiger partial charge in [0.25, 0.3) is 5.91 Å². The molecule has 0 saturated heterocycles. The Bertz CT molecular complexity index is 542. The molecule has 94 valence electrons. The number of nitrogens with one attached hydrogen (secondary N) is 1. The van der Waals surface area contributed by atoms with Gasteiger partial charge in [-0.2, -0.15) is 4.98 Å². The summed E-state index contributed by atoms with van der Waals surface area (Å²) in [6, 6.07) is 4.74. The van der Waals surface area contributed by atoms with Crippen LogP contribution in [0.1, 0.15) is 16.2 Å². The molecule has 0 spiro atoms. The molecule has 2 rings (SSSR count). The Hall–Kier alpha value is -2.08. The number of carbonyl (C=O) groups excluding carboxylic acids is 1. The predicted octanol–water partition coefficient (Wildman–Crippen LogP) is 1.28. The maximum Gasteiger partial charge on any atom is 0.252 e. The summed E-state index contributed by atoms with van der Waals surface area (Å²) in [5, 5.41) is 6.50. The monoisotopic (exact) mass is 266 g/mol. The average Bonchev–Trinajstić information content (AvgIpc) is 2.81. The van der Waals surface area contributed by atoms with Crippen LogP contribution < -0.4 is 11.1 Å². The van der Waals surface area contributed by atoms with Crippen molar-refractivity contribution in [1.82, 2.24) is 15.5 Å². The van der Waals surface area contributed by atoms with E-state index in [2.05, 4.69) is 15.5 Å². The minimum atomic E-state index is -0.264. The number of nitrogen functional groups attached to an aromatic ring is 1. The van der Waals surface area contributed by atoms with Crippen molar-refractivity contribution in [1.29, 1.82) is 0 Å². The van der Waals surface area contributed by atoms with Crippen molar-refractivity contribution in [3.05, 3.63) is 41.0 Å². The molecule has 1 amide bonds. The zero-order valence-electron chi connectivity index (χ0n) is 9.39. The summed E-state index contributed by atoms with van der Waals surface area (Å²) in [6.07, 6.45) is 1.78. The molecule has 0 aliphatic heterocycles. The molecule has 0 radical (unpaired) electrons. The predicted molar refractivity (Wildman–Crippen MR) is 66.2 cm³/mol. The first-order valence-corrected chi connectivity index (χ1v) is 5.63. The Kier molecular flexibility index (Phi) is 3.78. The van der Waals surface area contributed by atoms with Crippen LogP contribution in [0, 0.1) is 0 Å². The third-order valence-corrected chi connectivity index (χ3v) is 2.58. The molecule has 2 aromatic rings. The van der Waals surface area contributed by atoms with E-state index < -0.39 is 0 Å². The second kappa shape index (κ2) is 5.50. The van der Waals surface area contributed by atoms with Crippen LogP contribution in [0.25, 0.3) is 0 Å². The molecule has 0 aliphatic carbocycles. The third kappa shape index (κ3) is 2.98. The highest BCUT2D eigenvalue weighted by molar-refractivity contribution is 6.34. The zero-order valence-corrected chi connectivity index (χ0v) is 10.1. The van der Waals surface area contributed by atoms with Gasteiger partial charge in [0.05, 0.1) is 10.6 Å². The first-order chi connectivity index (χ1) is 8.66. The van der Waals surface area contributed by atoms with E-state index in [-0.39, 0.29) is 5.91 Å². The molecule has 18 heavy (non-hydrogen) atoms. The lowest BCUT2D eigenvalue weighted by molar-refractivity contribution is 0.0953. The number of hydrogen-bond donors (Lipinski definition) is 2. The summed E-state index contributed by atoms with van der Waals surface area (Å²) in [5.41, 5.74) is 6.45. The van der Waals surface area contributed by atoms with Crippen LogP contribution >= 0.6 is 11.6 Å². The standard InChI is InChI=1S/C11H11ClN4O2/c12-9-5-7(13)1-2-8(9)11(17)14-4-3-10-15-6-16-18-10/h1-2,5-6H,3-4,13H2,(H,14,17). The molecular weight excluding hydrogens is 256 g/mol. The molecule has 1 aromatic heterocycles. The zero-order chi connectivity index (χ0) is 13.0. The summed E-state index contributed by atoms with van der Waals surface area (Å²) in [7, 11) is 0. The molecule has 7 heteroatoms. The maximum absolute atomic E-state index is 11.8. The largest absolute Gasteiger partial charge is 0.399 e. The van der Waals surface area contributed by atoms with E-state index >= 15 is 0 Å². The number of carbonyl (C=O) groups is 1. The molecule has 6 nitrogen and oxygen atoms in total. The Labute approximate surface area is 108 Å². The molecule has 0 unspecified atom stereocenters. The second-order valence-corrected chi connectivity index (χ2v) is 3.99. The van der Waals surface area contributed by atoms with Crippen LogP contribution in [-0.2, 0) is 6.42 Å².